The van der Waals surface area contributed by atoms with Crippen molar-refractivity contribution in [2.45, 2.75) is 13.5 Å². The Morgan fingerprint density at radius 2 is 2.00 bits per heavy atom. The lowest BCUT2D eigenvalue weighted by Crippen LogP contribution is -2.16. The molecule has 0 saturated heterocycles. The topological polar surface area (TPSA) is 38.5 Å². The van der Waals surface area contributed by atoms with Crippen LogP contribution in [-0.4, -0.2) is 13.7 Å². The lowest BCUT2D eigenvalue weighted by atomic mass is 10.2. The zero-order valence-corrected chi connectivity index (χ0v) is 11.8. The van der Waals surface area contributed by atoms with Gasteiger partial charge in [0.2, 0.25) is 0 Å². The van der Waals surface area contributed by atoms with Gasteiger partial charge in [0.05, 0.1) is 12.3 Å². The van der Waals surface area contributed by atoms with E-state index in [1.807, 2.05) is 43.1 Å². The number of anilines is 2. The lowest BCUT2D eigenvalue weighted by molar-refractivity contribution is 0.342. The predicted octanol–water partition coefficient (Wildman–Crippen LogP) is 3.44. The molecule has 0 fully saturated rings. The van der Waals surface area contributed by atoms with Gasteiger partial charge in [0.15, 0.2) is 0 Å². The summed E-state index contributed by atoms with van der Waals surface area (Å²) < 4.78 is 18.7. The summed E-state index contributed by atoms with van der Waals surface area (Å²) in [5.41, 5.74) is 8.37. The van der Waals surface area contributed by atoms with Crippen molar-refractivity contribution < 1.29 is 9.13 Å². The number of nitrogen functional groups attached to an aromatic ring is 1. The molecular weight excluding hydrogens is 255 g/mol. The molecule has 2 aromatic rings. The maximum absolute atomic E-state index is 13.2. The quantitative estimate of drug-likeness (QED) is 0.849. The molecule has 4 heteroatoms. The second-order valence-corrected chi connectivity index (χ2v) is 4.64. The van der Waals surface area contributed by atoms with Gasteiger partial charge in [-0.25, -0.2) is 4.39 Å². The molecule has 2 aromatic carbocycles. The van der Waals surface area contributed by atoms with E-state index in [2.05, 4.69) is 0 Å². The maximum Gasteiger partial charge on any atom is 0.144 e. The van der Waals surface area contributed by atoms with Gasteiger partial charge in [-0.2, -0.15) is 0 Å². The molecule has 0 atom stereocenters. The van der Waals surface area contributed by atoms with Gasteiger partial charge in [0.25, 0.3) is 0 Å². The van der Waals surface area contributed by atoms with Crippen LogP contribution in [0.15, 0.2) is 42.5 Å². The monoisotopic (exact) mass is 274 g/mol. The predicted molar refractivity (Wildman–Crippen MR) is 80.5 cm³/mol. The van der Waals surface area contributed by atoms with E-state index in [1.54, 1.807) is 6.07 Å². The average molecular weight is 274 g/mol. The van der Waals surface area contributed by atoms with Crippen molar-refractivity contribution in [1.29, 1.82) is 0 Å². The summed E-state index contributed by atoms with van der Waals surface area (Å²) in [5, 5.41) is 0. The Kier molecular flexibility index (Phi) is 4.45. The summed E-state index contributed by atoms with van der Waals surface area (Å²) >= 11 is 0. The smallest absolute Gasteiger partial charge is 0.144 e. The third-order valence-electron chi connectivity index (χ3n) is 3.05. The molecule has 3 nitrogen and oxygen atoms in total. The van der Waals surface area contributed by atoms with E-state index in [0.717, 1.165) is 11.3 Å². The number of hydrogen-bond acceptors (Lipinski definition) is 3. The molecule has 0 amide bonds. The zero-order valence-electron chi connectivity index (χ0n) is 11.8. The van der Waals surface area contributed by atoms with Crippen LogP contribution in [0.2, 0.25) is 0 Å². The second-order valence-electron chi connectivity index (χ2n) is 4.64. The summed E-state index contributed by atoms with van der Waals surface area (Å²) in [4.78, 5) is 2.02. The fraction of sp³-hybridized carbons (Fsp3) is 0.250. The minimum absolute atomic E-state index is 0.219. The molecule has 0 heterocycles. The van der Waals surface area contributed by atoms with Crippen molar-refractivity contribution in [2.75, 3.05) is 24.3 Å². The first-order chi connectivity index (χ1) is 9.60. The van der Waals surface area contributed by atoms with Crippen molar-refractivity contribution in [3.63, 3.8) is 0 Å². The fourth-order valence-electron chi connectivity index (χ4n) is 2.04. The van der Waals surface area contributed by atoms with Crippen LogP contribution < -0.4 is 15.4 Å². The van der Waals surface area contributed by atoms with Crippen LogP contribution in [0, 0.1) is 5.82 Å². The van der Waals surface area contributed by atoms with E-state index in [4.69, 9.17) is 10.5 Å². The van der Waals surface area contributed by atoms with Crippen LogP contribution >= 0.6 is 0 Å². The Morgan fingerprint density at radius 1 is 1.20 bits per heavy atom. The van der Waals surface area contributed by atoms with Gasteiger partial charge in [0.1, 0.15) is 11.6 Å². The number of rotatable bonds is 5. The van der Waals surface area contributed by atoms with Crippen LogP contribution in [0.1, 0.15) is 12.5 Å². The normalized spacial score (nSPS) is 10.3. The first-order valence-corrected chi connectivity index (χ1v) is 6.58. The SMILES string of the molecule is CCOc1cc(N(C)Cc2cccc(F)c2)ccc1N. The van der Waals surface area contributed by atoms with E-state index < -0.39 is 0 Å². The molecule has 0 bridgehead atoms. The minimum Gasteiger partial charge on any atom is -0.492 e. The maximum atomic E-state index is 13.2. The van der Waals surface area contributed by atoms with Crippen molar-refractivity contribution >= 4 is 11.4 Å². The van der Waals surface area contributed by atoms with Gasteiger partial charge in [-0.1, -0.05) is 12.1 Å². The highest BCUT2D eigenvalue weighted by Gasteiger charge is 2.07. The molecule has 2 rings (SSSR count). The van der Waals surface area contributed by atoms with Gasteiger partial charge in [-0.05, 0) is 36.8 Å². The zero-order chi connectivity index (χ0) is 14.5. The molecule has 20 heavy (non-hydrogen) atoms. The number of hydrogen-bond donors (Lipinski definition) is 1. The molecule has 0 unspecified atom stereocenters. The van der Waals surface area contributed by atoms with E-state index in [-0.39, 0.29) is 5.82 Å². The molecule has 0 aliphatic rings. The first kappa shape index (κ1) is 14.2. The molecular formula is C16H19FN2O. The van der Waals surface area contributed by atoms with E-state index in [0.29, 0.717) is 24.6 Å². The molecule has 0 aliphatic carbocycles. The highest BCUT2D eigenvalue weighted by molar-refractivity contribution is 5.62. The Bertz CT molecular complexity index is 586. The largest absolute Gasteiger partial charge is 0.492 e. The van der Waals surface area contributed by atoms with Crippen LogP contribution in [0.25, 0.3) is 0 Å². The molecule has 0 aromatic heterocycles. The summed E-state index contributed by atoms with van der Waals surface area (Å²) in [7, 11) is 1.95. The van der Waals surface area contributed by atoms with Gasteiger partial charge in [-0.3, -0.25) is 0 Å². The Labute approximate surface area is 118 Å². The van der Waals surface area contributed by atoms with Crippen LogP contribution in [-0.2, 0) is 6.54 Å². The number of ether oxygens (including phenoxy) is 1. The molecule has 2 N–H and O–H groups in total. The van der Waals surface area contributed by atoms with Gasteiger partial charge in [0, 0.05) is 25.3 Å². The van der Waals surface area contributed by atoms with E-state index in [1.165, 1.54) is 12.1 Å². The molecule has 0 spiro atoms. The highest BCUT2D eigenvalue weighted by atomic mass is 19.1. The van der Waals surface area contributed by atoms with E-state index >= 15 is 0 Å². The lowest BCUT2D eigenvalue weighted by Gasteiger charge is -2.21. The number of nitrogens with zero attached hydrogens (tertiary/aromatic N) is 1. The summed E-state index contributed by atoms with van der Waals surface area (Å²) in [6, 6.07) is 12.3. The Balaban J connectivity index is 2.16. The standard InChI is InChI=1S/C16H19FN2O/c1-3-20-16-10-14(7-8-15(16)18)19(2)11-12-5-4-6-13(17)9-12/h4-10H,3,11,18H2,1-2H3. The summed E-state index contributed by atoms with van der Waals surface area (Å²) in [5.74, 6) is 0.458. The first-order valence-electron chi connectivity index (χ1n) is 6.58. The average Bonchev–Trinajstić information content (AvgIpc) is 2.41. The number of halogens is 1. The fourth-order valence-corrected chi connectivity index (χ4v) is 2.04. The second kappa shape index (κ2) is 6.28. The van der Waals surface area contributed by atoms with Crippen molar-refractivity contribution in [3.05, 3.63) is 53.8 Å². The highest BCUT2D eigenvalue weighted by Crippen LogP contribution is 2.28. The van der Waals surface area contributed by atoms with Gasteiger partial charge < -0.3 is 15.4 Å². The molecule has 0 aliphatic heterocycles. The van der Waals surface area contributed by atoms with Crippen LogP contribution in [0.3, 0.4) is 0 Å². The van der Waals surface area contributed by atoms with Gasteiger partial charge >= 0.3 is 0 Å². The summed E-state index contributed by atoms with van der Waals surface area (Å²) in [6.45, 7) is 3.11. The van der Waals surface area contributed by atoms with Crippen molar-refractivity contribution in [3.8, 4) is 5.75 Å². The summed E-state index contributed by atoms with van der Waals surface area (Å²) in [6.07, 6.45) is 0. The Hall–Kier alpha value is -2.23. The molecule has 0 saturated carbocycles. The third-order valence-corrected chi connectivity index (χ3v) is 3.05. The van der Waals surface area contributed by atoms with Gasteiger partial charge in [-0.15, -0.1) is 0 Å². The van der Waals surface area contributed by atoms with Crippen LogP contribution in [0.4, 0.5) is 15.8 Å². The van der Waals surface area contributed by atoms with Crippen molar-refractivity contribution in [2.24, 2.45) is 0 Å². The molecule has 106 valence electrons. The molecule has 0 radical (unpaired) electrons. The van der Waals surface area contributed by atoms with Crippen LogP contribution in [0.5, 0.6) is 5.75 Å². The number of nitrogens with two attached hydrogens (primary N) is 1. The Morgan fingerprint density at radius 3 is 2.70 bits per heavy atom. The minimum atomic E-state index is -0.219. The van der Waals surface area contributed by atoms with Crippen molar-refractivity contribution in [1.82, 2.24) is 0 Å². The third kappa shape index (κ3) is 3.41. The number of benzene rings is 2. The van der Waals surface area contributed by atoms with E-state index in [9.17, 15) is 4.39 Å².